The van der Waals surface area contributed by atoms with Crippen molar-refractivity contribution in [1.29, 1.82) is 0 Å². The van der Waals surface area contributed by atoms with Crippen molar-refractivity contribution in [2.24, 2.45) is 11.8 Å². The lowest BCUT2D eigenvalue weighted by molar-refractivity contribution is 0.353. The van der Waals surface area contributed by atoms with Gasteiger partial charge in [0.1, 0.15) is 5.02 Å². The van der Waals surface area contributed by atoms with Crippen molar-refractivity contribution in [3.8, 4) is 0 Å². The molecule has 1 aromatic rings. The molecule has 2 heterocycles. The fourth-order valence-electron chi connectivity index (χ4n) is 2.43. The van der Waals surface area contributed by atoms with Crippen LogP contribution in [0.25, 0.3) is 0 Å². The van der Waals surface area contributed by atoms with Crippen molar-refractivity contribution < 1.29 is 8.78 Å². The van der Waals surface area contributed by atoms with E-state index < -0.39 is 12.0 Å². The molecule has 1 aliphatic heterocycles. The highest BCUT2D eigenvalue weighted by Gasteiger charge is 2.26. The lowest BCUT2D eigenvalue weighted by Crippen LogP contribution is -2.39. The smallest absolute Gasteiger partial charge is 0.313 e. The Bertz CT molecular complexity index is 417. The van der Waals surface area contributed by atoms with E-state index in [4.69, 9.17) is 11.6 Å². The maximum Gasteiger partial charge on any atom is 0.313 e. The van der Waals surface area contributed by atoms with E-state index in [0.717, 1.165) is 6.42 Å². The first-order chi connectivity index (χ1) is 7.97. The van der Waals surface area contributed by atoms with Gasteiger partial charge in [0.05, 0.1) is 0 Å². The van der Waals surface area contributed by atoms with Crippen molar-refractivity contribution in [1.82, 2.24) is 9.97 Å². The van der Waals surface area contributed by atoms with E-state index in [1.807, 2.05) is 4.90 Å². The Morgan fingerprint density at radius 2 is 1.76 bits per heavy atom. The topological polar surface area (TPSA) is 29.0 Å². The second kappa shape index (κ2) is 4.72. The Hall–Kier alpha value is -0.970. The van der Waals surface area contributed by atoms with Crippen molar-refractivity contribution in [2.75, 3.05) is 18.0 Å². The number of anilines is 1. The first kappa shape index (κ1) is 12.5. The Morgan fingerprint density at radius 3 is 2.35 bits per heavy atom. The molecule has 0 spiro atoms. The van der Waals surface area contributed by atoms with Crippen LogP contribution in [0.3, 0.4) is 0 Å². The lowest BCUT2D eigenvalue weighted by atomic mass is 9.92. The average Bonchev–Trinajstić information content (AvgIpc) is 2.22. The zero-order valence-corrected chi connectivity index (χ0v) is 10.5. The van der Waals surface area contributed by atoms with E-state index in [-0.39, 0.29) is 10.8 Å². The third-order valence-electron chi connectivity index (χ3n) is 2.93. The molecule has 1 saturated heterocycles. The van der Waals surface area contributed by atoms with Gasteiger partial charge in [-0.3, -0.25) is 0 Å². The minimum Gasteiger partial charge on any atom is -0.355 e. The maximum absolute atomic E-state index is 13.2. The van der Waals surface area contributed by atoms with Gasteiger partial charge >= 0.3 is 6.08 Å². The number of hydrogen-bond donors (Lipinski definition) is 0. The van der Waals surface area contributed by atoms with E-state index in [1.165, 1.54) is 0 Å². The first-order valence-corrected chi connectivity index (χ1v) is 5.98. The van der Waals surface area contributed by atoms with Crippen LogP contribution < -0.4 is 4.90 Å². The van der Waals surface area contributed by atoms with Crippen LogP contribution in [-0.2, 0) is 0 Å². The summed E-state index contributed by atoms with van der Waals surface area (Å²) in [5.74, 6) is 0.0712. The van der Waals surface area contributed by atoms with E-state index in [2.05, 4.69) is 23.8 Å². The minimum atomic E-state index is -1.08. The van der Waals surface area contributed by atoms with Gasteiger partial charge in [-0.15, -0.1) is 0 Å². The summed E-state index contributed by atoms with van der Waals surface area (Å²) in [5, 5.41) is -0.201. The molecule has 2 atom stereocenters. The number of rotatable bonds is 1. The zero-order valence-electron chi connectivity index (χ0n) is 9.75. The summed E-state index contributed by atoms with van der Waals surface area (Å²) in [7, 11) is 0. The summed E-state index contributed by atoms with van der Waals surface area (Å²) in [6, 6.07) is 0. The number of piperidine rings is 1. The number of hydrogen-bond acceptors (Lipinski definition) is 3. The molecular weight excluding hydrogens is 248 g/mol. The van der Waals surface area contributed by atoms with Gasteiger partial charge in [-0.25, -0.2) is 0 Å². The van der Waals surface area contributed by atoms with Crippen LogP contribution >= 0.6 is 11.6 Å². The molecule has 0 aromatic carbocycles. The van der Waals surface area contributed by atoms with Gasteiger partial charge in [-0.05, 0) is 18.3 Å². The molecule has 2 rings (SSSR count). The van der Waals surface area contributed by atoms with Gasteiger partial charge < -0.3 is 4.90 Å². The van der Waals surface area contributed by atoms with Crippen molar-refractivity contribution in [2.45, 2.75) is 20.3 Å². The lowest BCUT2D eigenvalue weighted by Gasteiger charge is -2.36. The molecule has 17 heavy (non-hydrogen) atoms. The van der Waals surface area contributed by atoms with Crippen LogP contribution in [0, 0.1) is 23.9 Å². The Kier molecular flexibility index (Phi) is 3.47. The van der Waals surface area contributed by atoms with Crippen LogP contribution in [0.5, 0.6) is 0 Å². The van der Waals surface area contributed by atoms with Crippen molar-refractivity contribution in [3.05, 3.63) is 17.0 Å². The van der Waals surface area contributed by atoms with E-state index in [0.29, 0.717) is 24.9 Å². The molecule has 0 N–H and O–H groups in total. The van der Waals surface area contributed by atoms with Gasteiger partial charge in [-0.1, -0.05) is 25.4 Å². The highest BCUT2D eigenvalue weighted by molar-refractivity contribution is 6.32. The summed E-state index contributed by atoms with van der Waals surface area (Å²) < 4.78 is 26.2. The Morgan fingerprint density at radius 1 is 1.18 bits per heavy atom. The minimum absolute atomic E-state index is 0.162. The Balaban J connectivity index is 2.33. The summed E-state index contributed by atoms with van der Waals surface area (Å²) in [6.07, 6.45) is 0.0252. The van der Waals surface area contributed by atoms with E-state index >= 15 is 0 Å². The van der Waals surface area contributed by atoms with Crippen molar-refractivity contribution >= 4 is 17.4 Å². The molecule has 0 amide bonds. The molecular formula is C11H14ClF2N3. The fraction of sp³-hybridized carbons (Fsp3) is 0.636. The van der Waals surface area contributed by atoms with Crippen LogP contribution in [0.1, 0.15) is 20.3 Å². The largest absolute Gasteiger partial charge is 0.355 e. The molecule has 1 aromatic heterocycles. The molecule has 1 fully saturated rings. The standard InChI is InChI=1S/C11H14ClF2N3/c1-6-3-7(2)5-17(4-6)10-8(12)9(13)15-11(14)16-10/h6-7H,3-5H2,1-2H3. The molecule has 0 bridgehead atoms. The SMILES string of the molecule is CC1CC(C)CN(c2nc(F)nc(F)c2Cl)C1. The van der Waals surface area contributed by atoms with Gasteiger partial charge in [-0.2, -0.15) is 18.7 Å². The first-order valence-electron chi connectivity index (χ1n) is 5.61. The second-order valence-electron chi connectivity index (χ2n) is 4.77. The Labute approximate surface area is 104 Å². The summed E-state index contributed by atoms with van der Waals surface area (Å²) in [4.78, 5) is 8.39. The monoisotopic (exact) mass is 261 g/mol. The summed E-state index contributed by atoms with van der Waals surface area (Å²) >= 11 is 5.79. The molecule has 2 unspecified atom stereocenters. The normalized spacial score (nSPS) is 25.1. The van der Waals surface area contributed by atoms with Gasteiger partial charge in [0.15, 0.2) is 5.82 Å². The molecule has 0 saturated carbocycles. The molecule has 1 aliphatic rings. The van der Waals surface area contributed by atoms with Crippen LogP contribution in [-0.4, -0.2) is 23.1 Å². The number of aromatic nitrogens is 2. The van der Waals surface area contributed by atoms with E-state index in [1.54, 1.807) is 0 Å². The van der Waals surface area contributed by atoms with Crippen LogP contribution in [0.2, 0.25) is 5.02 Å². The quantitative estimate of drug-likeness (QED) is 0.575. The van der Waals surface area contributed by atoms with Gasteiger partial charge in [0, 0.05) is 13.1 Å². The van der Waals surface area contributed by atoms with E-state index in [9.17, 15) is 8.78 Å². The van der Waals surface area contributed by atoms with Gasteiger partial charge in [0.25, 0.3) is 0 Å². The molecule has 6 heteroatoms. The molecule has 94 valence electrons. The summed E-state index contributed by atoms with van der Waals surface area (Å²) in [6.45, 7) is 5.62. The molecule has 0 aliphatic carbocycles. The highest BCUT2D eigenvalue weighted by Crippen LogP contribution is 2.30. The zero-order chi connectivity index (χ0) is 12.6. The second-order valence-corrected chi connectivity index (χ2v) is 5.15. The maximum atomic E-state index is 13.2. The van der Waals surface area contributed by atoms with Gasteiger partial charge in [0.2, 0.25) is 5.95 Å². The number of halogens is 3. The number of nitrogens with zero attached hydrogens (tertiary/aromatic N) is 3. The molecule has 3 nitrogen and oxygen atoms in total. The predicted molar refractivity (Wildman–Crippen MR) is 62.1 cm³/mol. The average molecular weight is 262 g/mol. The van der Waals surface area contributed by atoms with Crippen LogP contribution in [0.15, 0.2) is 0 Å². The predicted octanol–water partition coefficient (Wildman–Crippen LogP) is 2.89. The highest BCUT2D eigenvalue weighted by atomic mass is 35.5. The third-order valence-corrected chi connectivity index (χ3v) is 3.26. The third kappa shape index (κ3) is 2.65. The fourth-order valence-corrected chi connectivity index (χ4v) is 2.63. The molecule has 0 radical (unpaired) electrons. The van der Waals surface area contributed by atoms with Crippen LogP contribution in [0.4, 0.5) is 14.6 Å². The summed E-state index contributed by atoms with van der Waals surface area (Å²) in [5.41, 5.74) is 0. The van der Waals surface area contributed by atoms with Crippen molar-refractivity contribution in [3.63, 3.8) is 0 Å².